The minimum Gasteiger partial charge on any atom is -0.398 e. The van der Waals surface area contributed by atoms with Gasteiger partial charge in [-0.25, -0.2) is 0 Å². The van der Waals surface area contributed by atoms with E-state index in [1.807, 2.05) is 12.1 Å². The quantitative estimate of drug-likeness (QED) is 0.760. The number of rotatable bonds is 5. The second kappa shape index (κ2) is 8.15. The molecule has 1 heterocycles. The highest BCUT2D eigenvalue weighted by Gasteiger charge is 2.21. The molecule has 1 fully saturated rings. The Labute approximate surface area is 153 Å². The lowest BCUT2D eigenvalue weighted by Gasteiger charge is -2.31. The van der Waals surface area contributed by atoms with Gasteiger partial charge >= 0.3 is 0 Å². The Kier molecular flexibility index (Phi) is 5.93. The third-order valence-electron chi connectivity index (χ3n) is 4.94. The van der Waals surface area contributed by atoms with Crippen molar-refractivity contribution in [2.45, 2.75) is 18.9 Å². The number of anilines is 1. The fraction of sp³-hybridized carbons (Fsp3) is 0.400. The number of likely N-dealkylation sites (tertiary alicyclic amines) is 1. The molecule has 4 heteroatoms. The molecule has 0 saturated carbocycles. The number of halogens is 1. The second-order valence-electron chi connectivity index (χ2n) is 6.77. The predicted molar refractivity (Wildman–Crippen MR) is 105 cm³/mol. The molecule has 1 atom stereocenters. The molecule has 128 valence electrons. The Morgan fingerprint density at radius 1 is 1.17 bits per heavy atom. The van der Waals surface area contributed by atoms with E-state index in [9.17, 15) is 0 Å². The summed E-state index contributed by atoms with van der Waals surface area (Å²) in [5.74, 6) is 0.737. The van der Waals surface area contributed by atoms with Gasteiger partial charge in [0.05, 0.1) is 6.04 Å². The van der Waals surface area contributed by atoms with Crippen LogP contribution in [0.2, 0.25) is 0 Å². The highest BCUT2D eigenvalue weighted by atomic mass is 79.9. The fourth-order valence-corrected chi connectivity index (χ4v) is 3.78. The lowest BCUT2D eigenvalue weighted by Crippen LogP contribution is -2.36. The van der Waals surface area contributed by atoms with Crippen molar-refractivity contribution in [1.29, 1.82) is 0 Å². The van der Waals surface area contributed by atoms with Crippen LogP contribution in [0.1, 0.15) is 30.0 Å². The van der Waals surface area contributed by atoms with Crippen molar-refractivity contribution in [3.8, 4) is 0 Å². The third-order valence-corrected chi connectivity index (χ3v) is 5.43. The number of nitrogen functional groups attached to an aromatic ring is 1. The van der Waals surface area contributed by atoms with Crippen LogP contribution < -0.4 is 11.1 Å². The van der Waals surface area contributed by atoms with Crippen molar-refractivity contribution >= 4 is 21.6 Å². The first-order valence-corrected chi connectivity index (χ1v) is 9.44. The Morgan fingerprint density at radius 3 is 2.58 bits per heavy atom. The molecular formula is C20H26BrN3. The monoisotopic (exact) mass is 387 g/mol. The average molecular weight is 388 g/mol. The summed E-state index contributed by atoms with van der Waals surface area (Å²) in [4.78, 5) is 2.41. The second-order valence-corrected chi connectivity index (χ2v) is 7.69. The van der Waals surface area contributed by atoms with Crippen LogP contribution >= 0.6 is 15.9 Å². The van der Waals surface area contributed by atoms with Gasteiger partial charge in [0.25, 0.3) is 0 Å². The normalized spacial score (nSPS) is 17.8. The summed E-state index contributed by atoms with van der Waals surface area (Å²) in [6.45, 7) is 3.42. The van der Waals surface area contributed by atoms with Gasteiger partial charge in [-0.05, 0) is 74.8 Å². The van der Waals surface area contributed by atoms with E-state index in [0.29, 0.717) is 0 Å². The summed E-state index contributed by atoms with van der Waals surface area (Å²) >= 11 is 3.58. The van der Waals surface area contributed by atoms with Gasteiger partial charge in [0.2, 0.25) is 0 Å². The molecule has 1 saturated heterocycles. The molecule has 1 aliphatic heterocycles. The zero-order valence-corrected chi connectivity index (χ0v) is 15.8. The number of hydrogen-bond donors (Lipinski definition) is 2. The highest BCUT2D eigenvalue weighted by molar-refractivity contribution is 9.10. The summed E-state index contributed by atoms with van der Waals surface area (Å²) in [6, 6.07) is 16.8. The zero-order valence-electron chi connectivity index (χ0n) is 14.2. The number of nitrogens with zero attached hydrogens (tertiary/aromatic N) is 1. The Balaban J connectivity index is 1.79. The molecule has 0 aromatic heterocycles. The zero-order chi connectivity index (χ0) is 16.9. The fourth-order valence-electron chi connectivity index (χ4n) is 3.40. The van der Waals surface area contributed by atoms with E-state index < -0.39 is 0 Å². The minimum atomic E-state index is 0.128. The van der Waals surface area contributed by atoms with Crippen LogP contribution in [0.15, 0.2) is 53.0 Å². The average Bonchev–Trinajstić information content (AvgIpc) is 2.60. The van der Waals surface area contributed by atoms with Crippen LogP contribution in [0.5, 0.6) is 0 Å². The van der Waals surface area contributed by atoms with E-state index in [0.717, 1.165) is 28.2 Å². The van der Waals surface area contributed by atoms with Gasteiger partial charge in [0.15, 0.2) is 0 Å². The smallest absolute Gasteiger partial charge is 0.0597 e. The minimum absolute atomic E-state index is 0.128. The van der Waals surface area contributed by atoms with Crippen molar-refractivity contribution in [2.24, 2.45) is 5.92 Å². The van der Waals surface area contributed by atoms with Crippen molar-refractivity contribution in [2.75, 3.05) is 32.4 Å². The molecular weight excluding hydrogens is 362 g/mol. The summed E-state index contributed by atoms with van der Waals surface area (Å²) < 4.78 is 1.06. The lowest BCUT2D eigenvalue weighted by atomic mass is 9.94. The van der Waals surface area contributed by atoms with Crippen LogP contribution in [0, 0.1) is 5.92 Å². The summed E-state index contributed by atoms with van der Waals surface area (Å²) in [6.07, 6.45) is 2.53. The molecule has 0 spiro atoms. The molecule has 0 bridgehead atoms. The van der Waals surface area contributed by atoms with E-state index in [1.165, 1.54) is 31.5 Å². The molecule has 0 amide bonds. The van der Waals surface area contributed by atoms with Gasteiger partial charge in [-0.3, -0.25) is 0 Å². The Hall–Kier alpha value is -1.36. The molecule has 1 aliphatic rings. The molecule has 3 N–H and O–H groups in total. The van der Waals surface area contributed by atoms with E-state index in [1.54, 1.807) is 0 Å². The number of nitrogens with two attached hydrogens (primary N) is 1. The van der Waals surface area contributed by atoms with Crippen LogP contribution in [0.3, 0.4) is 0 Å². The maximum atomic E-state index is 6.29. The van der Waals surface area contributed by atoms with Crippen LogP contribution in [0.4, 0.5) is 5.69 Å². The van der Waals surface area contributed by atoms with Crippen molar-refractivity contribution in [3.63, 3.8) is 0 Å². The first kappa shape index (κ1) is 17.5. The van der Waals surface area contributed by atoms with E-state index in [-0.39, 0.29) is 6.04 Å². The van der Waals surface area contributed by atoms with Gasteiger partial charge in [0, 0.05) is 10.2 Å². The number of nitrogens with one attached hydrogen (secondary N) is 1. The van der Waals surface area contributed by atoms with E-state index >= 15 is 0 Å². The van der Waals surface area contributed by atoms with Gasteiger partial charge < -0.3 is 16.0 Å². The molecule has 0 unspecified atom stereocenters. The molecule has 0 radical (unpaired) electrons. The lowest BCUT2D eigenvalue weighted by molar-refractivity contribution is 0.214. The first-order chi connectivity index (χ1) is 11.6. The Morgan fingerprint density at radius 2 is 1.88 bits per heavy atom. The van der Waals surface area contributed by atoms with Crippen molar-refractivity contribution in [3.05, 3.63) is 64.1 Å². The summed E-state index contributed by atoms with van der Waals surface area (Å²) in [7, 11) is 2.21. The molecule has 0 aliphatic carbocycles. The van der Waals surface area contributed by atoms with Crippen molar-refractivity contribution in [1.82, 2.24) is 10.2 Å². The van der Waals surface area contributed by atoms with Crippen LogP contribution in [-0.4, -0.2) is 31.6 Å². The topological polar surface area (TPSA) is 41.3 Å². The Bertz CT molecular complexity index is 651. The largest absolute Gasteiger partial charge is 0.398 e. The summed E-state index contributed by atoms with van der Waals surface area (Å²) in [5, 5.41) is 3.79. The predicted octanol–water partition coefficient (Wildman–Crippen LogP) is 4.05. The number of piperidine rings is 1. The molecule has 24 heavy (non-hydrogen) atoms. The molecule has 3 rings (SSSR count). The molecule has 2 aromatic carbocycles. The maximum Gasteiger partial charge on any atom is 0.0597 e. The van der Waals surface area contributed by atoms with E-state index in [2.05, 4.69) is 69.6 Å². The van der Waals surface area contributed by atoms with Crippen molar-refractivity contribution < 1.29 is 0 Å². The van der Waals surface area contributed by atoms with Gasteiger partial charge in [-0.2, -0.15) is 0 Å². The van der Waals surface area contributed by atoms with Crippen LogP contribution in [-0.2, 0) is 0 Å². The first-order valence-electron chi connectivity index (χ1n) is 8.65. The standard InChI is InChI=1S/C20H26BrN3/c1-24-11-9-15(10-12-24)14-23-20(16-5-3-2-4-6-16)18-13-17(21)7-8-19(18)22/h2-8,13,15,20,23H,9-12,14,22H2,1H3/t20-/m0/s1. The highest BCUT2D eigenvalue weighted by Crippen LogP contribution is 2.30. The maximum absolute atomic E-state index is 6.29. The van der Waals surface area contributed by atoms with Gasteiger partial charge in [-0.1, -0.05) is 46.3 Å². The SMILES string of the molecule is CN1CCC(CN[C@@H](c2ccccc2)c2cc(Br)ccc2N)CC1. The molecule has 3 nitrogen and oxygen atoms in total. The molecule has 2 aromatic rings. The summed E-state index contributed by atoms with van der Waals surface area (Å²) in [5.41, 5.74) is 9.52. The van der Waals surface area contributed by atoms with Gasteiger partial charge in [-0.15, -0.1) is 0 Å². The van der Waals surface area contributed by atoms with Crippen LogP contribution in [0.25, 0.3) is 0 Å². The number of benzene rings is 2. The van der Waals surface area contributed by atoms with E-state index in [4.69, 9.17) is 5.73 Å². The third kappa shape index (κ3) is 4.38. The number of hydrogen-bond acceptors (Lipinski definition) is 3. The van der Waals surface area contributed by atoms with Gasteiger partial charge in [0.1, 0.15) is 0 Å².